The van der Waals surface area contributed by atoms with Gasteiger partial charge in [-0.15, -0.1) is 12.4 Å². The second kappa shape index (κ2) is 9.09. The molecule has 0 saturated heterocycles. The fourth-order valence-corrected chi connectivity index (χ4v) is 3.85. The minimum absolute atomic E-state index is 0. The number of pyridine rings is 2. The van der Waals surface area contributed by atoms with Gasteiger partial charge in [-0.1, -0.05) is 18.2 Å². The quantitative estimate of drug-likeness (QED) is 0.597. The average molecular weight is 413 g/mol. The summed E-state index contributed by atoms with van der Waals surface area (Å²) in [6, 6.07) is 13.9. The molecular weight excluding hydrogens is 388 g/mol. The first-order chi connectivity index (χ1) is 13.6. The molecule has 152 valence electrons. The summed E-state index contributed by atoms with van der Waals surface area (Å²) in [4.78, 5) is 20.8. The molecule has 6 nitrogen and oxygen atoms in total. The molecule has 2 aromatic heterocycles. The third kappa shape index (κ3) is 4.77. The van der Waals surface area contributed by atoms with E-state index in [4.69, 9.17) is 4.98 Å². The van der Waals surface area contributed by atoms with E-state index in [0.717, 1.165) is 37.0 Å². The van der Waals surface area contributed by atoms with Gasteiger partial charge in [-0.05, 0) is 62.4 Å². The molecule has 1 aliphatic carbocycles. The van der Waals surface area contributed by atoms with Gasteiger partial charge in [0.2, 0.25) is 5.88 Å². The Kier molecular flexibility index (Phi) is 6.54. The average Bonchev–Trinajstić information content (AvgIpc) is 2.70. The number of amides is 1. The molecule has 1 amide bonds. The number of rotatable bonds is 4. The van der Waals surface area contributed by atoms with E-state index in [1.807, 2.05) is 18.2 Å². The summed E-state index contributed by atoms with van der Waals surface area (Å²) >= 11 is 0. The molecular formula is C22H25ClN4O2. The van der Waals surface area contributed by atoms with Crippen LogP contribution in [0.2, 0.25) is 0 Å². The number of carbonyl (C=O) groups excluding carboxylic acids is 1. The Balaban J connectivity index is 0.00000240. The van der Waals surface area contributed by atoms with Crippen LogP contribution in [-0.4, -0.2) is 33.1 Å². The van der Waals surface area contributed by atoms with Crippen LogP contribution in [0.4, 0.5) is 5.82 Å². The number of aryl methyl sites for hydroxylation is 1. The van der Waals surface area contributed by atoms with Crippen molar-refractivity contribution in [3.8, 4) is 5.88 Å². The molecule has 0 bridgehead atoms. The molecule has 29 heavy (non-hydrogen) atoms. The highest BCUT2D eigenvalue weighted by Gasteiger charge is 2.24. The minimum atomic E-state index is -0.270. The number of aromatic nitrogens is 2. The van der Waals surface area contributed by atoms with E-state index in [9.17, 15) is 9.90 Å². The lowest BCUT2D eigenvalue weighted by Gasteiger charge is -2.30. The van der Waals surface area contributed by atoms with Crippen molar-refractivity contribution in [2.24, 2.45) is 0 Å². The van der Waals surface area contributed by atoms with Crippen LogP contribution in [0.5, 0.6) is 5.88 Å². The summed E-state index contributed by atoms with van der Waals surface area (Å²) in [5.41, 5.74) is 2.44. The summed E-state index contributed by atoms with van der Waals surface area (Å²) in [5, 5.41) is 17.5. The first kappa shape index (κ1) is 20.9. The van der Waals surface area contributed by atoms with Crippen LogP contribution in [0.25, 0.3) is 10.9 Å². The topological polar surface area (TPSA) is 87.1 Å². The highest BCUT2D eigenvalue weighted by molar-refractivity contribution is 5.96. The normalized spacial score (nSPS) is 18.7. The van der Waals surface area contributed by atoms with Crippen LogP contribution >= 0.6 is 12.4 Å². The van der Waals surface area contributed by atoms with Gasteiger partial charge in [0, 0.05) is 23.7 Å². The van der Waals surface area contributed by atoms with Gasteiger partial charge in [-0.3, -0.25) is 4.79 Å². The van der Waals surface area contributed by atoms with Gasteiger partial charge in [-0.2, -0.15) is 0 Å². The Hall–Kier alpha value is -2.86. The standard InChI is InChI=1S/C22H24N4O2.ClH/c1-14-13-20(26-19-7-3-2-5-17(14)19)24-15-8-10-16(11-9-15)25-22(28)18-6-4-12-23-21(18)27;/h2-7,12-13,15-16H,8-11H2,1H3,(H,23,27)(H,24,26)(H,25,28);1H/t15-,16+;. The van der Waals surface area contributed by atoms with Gasteiger partial charge < -0.3 is 15.7 Å². The lowest BCUT2D eigenvalue weighted by atomic mass is 9.91. The van der Waals surface area contributed by atoms with E-state index in [-0.39, 0.29) is 35.8 Å². The predicted octanol–water partition coefficient (Wildman–Crippen LogP) is 4.22. The van der Waals surface area contributed by atoms with Crippen LogP contribution < -0.4 is 10.6 Å². The molecule has 4 rings (SSSR count). The molecule has 1 aromatic carbocycles. The molecule has 7 heteroatoms. The zero-order valence-corrected chi connectivity index (χ0v) is 17.1. The third-order valence-corrected chi connectivity index (χ3v) is 5.37. The number of aromatic hydroxyl groups is 1. The smallest absolute Gasteiger partial charge is 0.256 e. The molecule has 2 heterocycles. The summed E-state index contributed by atoms with van der Waals surface area (Å²) < 4.78 is 0. The number of hydrogen-bond donors (Lipinski definition) is 3. The fourth-order valence-electron chi connectivity index (χ4n) is 3.85. The van der Waals surface area contributed by atoms with E-state index in [1.54, 1.807) is 12.1 Å². The zero-order chi connectivity index (χ0) is 19.5. The van der Waals surface area contributed by atoms with Gasteiger partial charge in [0.1, 0.15) is 11.4 Å². The largest absolute Gasteiger partial charge is 0.493 e. The monoisotopic (exact) mass is 412 g/mol. The molecule has 0 atom stereocenters. The Bertz CT molecular complexity index is 1000. The molecule has 1 fully saturated rings. The number of halogens is 1. The Labute approximate surface area is 176 Å². The third-order valence-electron chi connectivity index (χ3n) is 5.37. The number of hydrogen-bond acceptors (Lipinski definition) is 5. The van der Waals surface area contributed by atoms with E-state index in [2.05, 4.69) is 34.7 Å². The molecule has 0 spiro atoms. The lowest BCUT2D eigenvalue weighted by Crippen LogP contribution is -2.40. The first-order valence-electron chi connectivity index (χ1n) is 9.68. The predicted molar refractivity (Wildman–Crippen MR) is 117 cm³/mol. The number of fused-ring (bicyclic) bond motifs is 1. The lowest BCUT2D eigenvalue weighted by molar-refractivity contribution is 0.0923. The van der Waals surface area contributed by atoms with Crippen molar-refractivity contribution < 1.29 is 9.90 Å². The van der Waals surface area contributed by atoms with Crippen molar-refractivity contribution in [2.75, 3.05) is 5.32 Å². The fraction of sp³-hybridized carbons (Fsp3) is 0.318. The highest BCUT2D eigenvalue weighted by atomic mass is 35.5. The Morgan fingerprint density at radius 1 is 1.07 bits per heavy atom. The van der Waals surface area contributed by atoms with Crippen molar-refractivity contribution in [3.63, 3.8) is 0 Å². The Morgan fingerprint density at radius 2 is 1.79 bits per heavy atom. The first-order valence-corrected chi connectivity index (χ1v) is 9.68. The van der Waals surface area contributed by atoms with Crippen molar-refractivity contribution in [1.82, 2.24) is 15.3 Å². The van der Waals surface area contributed by atoms with Crippen molar-refractivity contribution in [1.29, 1.82) is 0 Å². The molecule has 0 unspecified atom stereocenters. The maximum atomic E-state index is 12.3. The molecule has 3 N–H and O–H groups in total. The van der Waals surface area contributed by atoms with Crippen LogP contribution in [0.15, 0.2) is 48.7 Å². The van der Waals surface area contributed by atoms with Crippen LogP contribution in [0, 0.1) is 6.92 Å². The molecule has 3 aromatic rings. The highest BCUT2D eigenvalue weighted by Crippen LogP contribution is 2.25. The van der Waals surface area contributed by atoms with Crippen LogP contribution in [-0.2, 0) is 0 Å². The van der Waals surface area contributed by atoms with E-state index >= 15 is 0 Å². The number of anilines is 1. The van der Waals surface area contributed by atoms with Crippen molar-refractivity contribution in [3.05, 3.63) is 59.8 Å². The number of nitrogens with zero attached hydrogens (tertiary/aromatic N) is 2. The van der Waals surface area contributed by atoms with Crippen molar-refractivity contribution in [2.45, 2.75) is 44.7 Å². The molecule has 0 radical (unpaired) electrons. The summed E-state index contributed by atoms with van der Waals surface area (Å²) in [6.07, 6.45) is 5.15. The van der Waals surface area contributed by atoms with Gasteiger partial charge in [0.25, 0.3) is 5.91 Å². The SMILES string of the molecule is Cc1cc(N[C@H]2CC[C@@H](NC(=O)c3cccnc3O)CC2)nc2ccccc12.Cl. The minimum Gasteiger partial charge on any atom is -0.493 e. The van der Waals surface area contributed by atoms with Gasteiger partial charge in [0.15, 0.2) is 0 Å². The molecule has 1 aliphatic rings. The van der Waals surface area contributed by atoms with Gasteiger partial charge in [-0.25, -0.2) is 9.97 Å². The number of benzene rings is 1. The maximum absolute atomic E-state index is 12.3. The van der Waals surface area contributed by atoms with Crippen LogP contribution in [0.3, 0.4) is 0 Å². The number of nitrogens with one attached hydrogen (secondary N) is 2. The maximum Gasteiger partial charge on any atom is 0.256 e. The summed E-state index contributed by atoms with van der Waals surface area (Å²) in [7, 11) is 0. The van der Waals surface area contributed by atoms with Gasteiger partial charge >= 0.3 is 0 Å². The van der Waals surface area contributed by atoms with E-state index < -0.39 is 0 Å². The number of para-hydroxylation sites is 1. The summed E-state index contributed by atoms with van der Waals surface area (Å²) in [6.45, 7) is 2.11. The van der Waals surface area contributed by atoms with Crippen molar-refractivity contribution >= 4 is 35.0 Å². The summed E-state index contributed by atoms with van der Waals surface area (Å²) in [5.74, 6) is 0.408. The second-order valence-electron chi connectivity index (χ2n) is 7.38. The molecule has 1 saturated carbocycles. The van der Waals surface area contributed by atoms with E-state index in [0.29, 0.717) is 6.04 Å². The number of carbonyl (C=O) groups is 1. The van der Waals surface area contributed by atoms with Crippen LogP contribution in [0.1, 0.15) is 41.6 Å². The second-order valence-corrected chi connectivity index (χ2v) is 7.38. The van der Waals surface area contributed by atoms with E-state index in [1.165, 1.54) is 17.1 Å². The molecule has 0 aliphatic heterocycles. The zero-order valence-electron chi connectivity index (χ0n) is 16.3. The van der Waals surface area contributed by atoms with Gasteiger partial charge in [0.05, 0.1) is 5.52 Å². The Morgan fingerprint density at radius 3 is 2.55 bits per heavy atom.